The average Bonchev–Trinajstić information content (AvgIpc) is 2.64. The number of alkyl halides is 1. The second kappa shape index (κ2) is 5.19. The standard InChI is InChI=1S/C11H13IN2O5/c1-2-11(9(12)8(17)6(5-15)19-11)14-4-3-7(16)13-10(14)18/h2-4,6,8-9,15,17H,1,5H2,(H,13,16,18)/t6-,8-,9-,11-/m1/s1. The van der Waals surface area contributed by atoms with Crippen LogP contribution in [0.4, 0.5) is 0 Å². The first-order chi connectivity index (χ1) is 8.96. The minimum atomic E-state index is -1.31. The summed E-state index contributed by atoms with van der Waals surface area (Å²) in [7, 11) is 0. The highest BCUT2D eigenvalue weighted by Crippen LogP contribution is 2.40. The number of aromatic nitrogens is 2. The van der Waals surface area contributed by atoms with Crippen LogP contribution >= 0.6 is 22.6 Å². The molecule has 19 heavy (non-hydrogen) atoms. The number of rotatable bonds is 3. The Bertz CT molecular complexity index is 597. The Morgan fingerprint density at radius 1 is 1.63 bits per heavy atom. The number of ether oxygens (including phenoxy) is 1. The molecule has 2 rings (SSSR count). The van der Waals surface area contributed by atoms with Crippen LogP contribution in [0.2, 0.25) is 0 Å². The maximum Gasteiger partial charge on any atom is 0.330 e. The highest BCUT2D eigenvalue weighted by molar-refractivity contribution is 14.1. The number of hydrogen-bond donors (Lipinski definition) is 3. The third-order valence-electron chi connectivity index (χ3n) is 3.09. The molecule has 1 aliphatic rings. The van der Waals surface area contributed by atoms with Crippen molar-refractivity contribution in [1.29, 1.82) is 0 Å². The summed E-state index contributed by atoms with van der Waals surface area (Å²) in [6.07, 6.45) is 0.880. The fourth-order valence-electron chi connectivity index (χ4n) is 2.10. The first-order valence-corrected chi connectivity index (χ1v) is 6.77. The lowest BCUT2D eigenvalue weighted by molar-refractivity contribution is -0.0876. The minimum Gasteiger partial charge on any atom is -0.394 e. The molecule has 4 atom stereocenters. The molecular formula is C11H13IN2O5. The highest BCUT2D eigenvalue weighted by atomic mass is 127. The number of nitrogens with zero attached hydrogens (tertiary/aromatic N) is 1. The summed E-state index contributed by atoms with van der Waals surface area (Å²) in [4.78, 5) is 25.1. The summed E-state index contributed by atoms with van der Waals surface area (Å²) >= 11 is 1.93. The molecule has 104 valence electrons. The largest absolute Gasteiger partial charge is 0.394 e. The van der Waals surface area contributed by atoms with Crippen molar-refractivity contribution < 1.29 is 14.9 Å². The van der Waals surface area contributed by atoms with Gasteiger partial charge in [0, 0.05) is 12.3 Å². The van der Waals surface area contributed by atoms with Gasteiger partial charge in [-0.2, -0.15) is 0 Å². The Labute approximate surface area is 121 Å². The van der Waals surface area contributed by atoms with E-state index in [0.29, 0.717) is 0 Å². The van der Waals surface area contributed by atoms with Gasteiger partial charge in [-0.3, -0.25) is 14.3 Å². The van der Waals surface area contributed by atoms with E-state index < -0.39 is 33.1 Å². The topological polar surface area (TPSA) is 105 Å². The van der Waals surface area contributed by atoms with Crippen molar-refractivity contribution in [1.82, 2.24) is 9.55 Å². The Morgan fingerprint density at radius 2 is 2.32 bits per heavy atom. The zero-order valence-electron chi connectivity index (χ0n) is 9.82. The van der Waals surface area contributed by atoms with Gasteiger partial charge < -0.3 is 14.9 Å². The minimum absolute atomic E-state index is 0.381. The fourth-order valence-corrected chi connectivity index (χ4v) is 3.26. The smallest absolute Gasteiger partial charge is 0.330 e. The quantitative estimate of drug-likeness (QED) is 0.352. The first-order valence-electron chi connectivity index (χ1n) is 5.53. The molecule has 0 saturated carbocycles. The number of hydrogen-bond acceptors (Lipinski definition) is 5. The molecule has 8 heteroatoms. The van der Waals surface area contributed by atoms with Crippen LogP contribution in [-0.2, 0) is 10.5 Å². The van der Waals surface area contributed by atoms with Crippen LogP contribution in [0.15, 0.2) is 34.5 Å². The number of aliphatic hydroxyl groups excluding tert-OH is 2. The molecule has 0 bridgehead atoms. The molecule has 2 heterocycles. The number of halogens is 1. The molecule has 0 unspecified atom stereocenters. The van der Waals surface area contributed by atoms with Gasteiger partial charge in [0.1, 0.15) is 6.10 Å². The van der Waals surface area contributed by atoms with Gasteiger partial charge in [-0.05, 0) is 6.08 Å². The predicted molar refractivity (Wildman–Crippen MR) is 75.3 cm³/mol. The van der Waals surface area contributed by atoms with Gasteiger partial charge in [0.2, 0.25) is 0 Å². The molecule has 1 fully saturated rings. The van der Waals surface area contributed by atoms with E-state index in [0.717, 1.165) is 4.57 Å². The van der Waals surface area contributed by atoms with E-state index in [4.69, 9.17) is 4.74 Å². The Hall–Kier alpha value is -0.970. The van der Waals surface area contributed by atoms with E-state index in [-0.39, 0.29) is 6.61 Å². The molecule has 1 aromatic heterocycles. The molecular weight excluding hydrogens is 367 g/mol. The van der Waals surface area contributed by atoms with Crippen molar-refractivity contribution in [2.75, 3.05) is 6.61 Å². The summed E-state index contributed by atoms with van der Waals surface area (Å²) in [6.45, 7) is 3.25. The predicted octanol–water partition coefficient (Wildman–Crippen LogP) is -1.07. The first kappa shape index (κ1) is 14.4. The lowest BCUT2D eigenvalue weighted by Crippen LogP contribution is -2.47. The van der Waals surface area contributed by atoms with Crippen LogP contribution in [0.3, 0.4) is 0 Å². The molecule has 0 radical (unpaired) electrons. The van der Waals surface area contributed by atoms with Crippen LogP contribution in [0.1, 0.15) is 0 Å². The van der Waals surface area contributed by atoms with Crippen LogP contribution in [0, 0.1) is 0 Å². The van der Waals surface area contributed by atoms with Crippen molar-refractivity contribution in [2.24, 2.45) is 0 Å². The molecule has 0 aliphatic carbocycles. The highest BCUT2D eigenvalue weighted by Gasteiger charge is 2.53. The van der Waals surface area contributed by atoms with Gasteiger partial charge in [-0.1, -0.05) is 29.2 Å². The molecule has 0 amide bonds. The van der Waals surface area contributed by atoms with Gasteiger partial charge in [0.15, 0.2) is 5.72 Å². The molecule has 0 aromatic carbocycles. The molecule has 3 N–H and O–H groups in total. The van der Waals surface area contributed by atoms with Gasteiger partial charge in [0.05, 0.1) is 16.6 Å². The SMILES string of the molecule is C=C[C@@]1(n2ccc(=O)[nH]c2=O)O[C@H](CO)[C@@H](O)[C@H]1I. The van der Waals surface area contributed by atoms with E-state index in [1.54, 1.807) is 0 Å². The average molecular weight is 380 g/mol. The maximum absolute atomic E-state index is 11.9. The number of nitrogens with one attached hydrogen (secondary N) is 1. The molecule has 1 aromatic rings. The van der Waals surface area contributed by atoms with Gasteiger partial charge in [-0.25, -0.2) is 4.79 Å². The van der Waals surface area contributed by atoms with Crippen LogP contribution < -0.4 is 11.2 Å². The van der Waals surface area contributed by atoms with E-state index in [2.05, 4.69) is 11.6 Å². The van der Waals surface area contributed by atoms with Crippen molar-refractivity contribution in [3.05, 3.63) is 45.8 Å². The van der Waals surface area contributed by atoms with Gasteiger partial charge >= 0.3 is 5.69 Å². The van der Waals surface area contributed by atoms with E-state index in [9.17, 15) is 19.8 Å². The summed E-state index contributed by atoms with van der Waals surface area (Å²) in [5.41, 5.74) is -2.50. The van der Waals surface area contributed by atoms with Gasteiger partial charge in [-0.15, -0.1) is 0 Å². The van der Waals surface area contributed by atoms with Crippen LogP contribution in [0.25, 0.3) is 0 Å². The Morgan fingerprint density at radius 3 is 2.79 bits per heavy atom. The molecule has 7 nitrogen and oxygen atoms in total. The van der Waals surface area contributed by atoms with Crippen LogP contribution in [0.5, 0.6) is 0 Å². The lowest BCUT2D eigenvalue weighted by Gasteiger charge is -2.30. The number of H-pyrrole nitrogens is 1. The van der Waals surface area contributed by atoms with Gasteiger partial charge in [0.25, 0.3) is 5.56 Å². The maximum atomic E-state index is 11.9. The normalized spacial score (nSPS) is 34.4. The number of aromatic amines is 1. The third-order valence-corrected chi connectivity index (χ3v) is 4.72. The summed E-state index contributed by atoms with van der Waals surface area (Å²) in [6, 6.07) is 1.18. The summed E-state index contributed by atoms with van der Waals surface area (Å²) in [5, 5.41) is 19.2. The Kier molecular flexibility index (Phi) is 3.95. The molecule has 0 spiro atoms. The fraction of sp³-hybridized carbons (Fsp3) is 0.455. The third kappa shape index (κ3) is 2.18. The van der Waals surface area contributed by atoms with Crippen molar-refractivity contribution in [3.8, 4) is 0 Å². The van der Waals surface area contributed by atoms with E-state index >= 15 is 0 Å². The van der Waals surface area contributed by atoms with E-state index in [1.807, 2.05) is 22.6 Å². The van der Waals surface area contributed by atoms with E-state index in [1.165, 1.54) is 18.3 Å². The number of aliphatic hydroxyl groups is 2. The van der Waals surface area contributed by atoms with Crippen molar-refractivity contribution in [3.63, 3.8) is 0 Å². The zero-order chi connectivity index (χ0) is 14.2. The van der Waals surface area contributed by atoms with Crippen molar-refractivity contribution >= 4 is 22.6 Å². The molecule has 1 aliphatic heterocycles. The second-order valence-corrected chi connectivity index (χ2v) is 5.51. The monoisotopic (exact) mass is 380 g/mol. The second-order valence-electron chi connectivity index (χ2n) is 4.17. The van der Waals surface area contributed by atoms with Crippen LogP contribution in [-0.4, -0.2) is 42.5 Å². The Balaban J connectivity index is 2.58. The lowest BCUT2D eigenvalue weighted by atomic mass is 10.1. The summed E-state index contributed by atoms with van der Waals surface area (Å²) < 4.78 is 6.21. The molecule has 1 saturated heterocycles. The zero-order valence-corrected chi connectivity index (χ0v) is 12.0. The summed E-state index contributed by atoms with van der Waals surface area (Å²) in [5.74, 6) is 0. The van der Waals surface area contributed by atoms with Crippen molar-refractivity contribution in [2.45, 2.75) is 21.9 Å².